The number of hydrogen-bond donors (Lipinski definition) is 0. The zero-order valence-electron chi connectivity index (χ0n) is 17.8. The fourth-order valence-corrected chi connectivity index (χ4v) is 3.26. The van der Waals surface area contributed by atoms with Gasteiger partial charge in [-0.15, -0.1) is 0 Å². The minimum absolute atomic E-state index is 0.0182. The zero-order chi connectivity index (χ0) is 20.3. The molecule has 0 saturated carbocycles. The highest BCUT2D eigenvalue weighted by molar-refractivity contribution is 6.74. The average Bonchev–Trinajstić information content (AvgIpc) is 2.44. The first-order chi connectivity index (χ1) is 11.7. The number of Topliss-reactive ketones (excluding diaryl/α,β-unsaturated/α-hetero) is 1. The third kappa shape index (κ3) is 6.21. The Morgan fingerprint density at radius 2 is 1.81 bits per heavy atom. The van der Waals surface area contributed by atoms with Gasteiger partial charge in [0.2, 0.25) is 0 Å². The molecule has 0 N–H and O–H groups in total. The molecule has 1 unspecified atom stereocenters. The molecule has 1 aliphatic heterocycles. The molecule has 1 aliphatic rings. The van der Waals surface area contributed by atoms with E-state index in [-0.39, 0.29) is 30.0 Å². The number of rotatable bonds is 5. The van der Waals surface area contributed by atoms with E-state index in [1.807, 2.05) is 20.8 Å². The van der Waals surface area contributed by atoms with Gasteiger partial charge in [0.1, 0.15) is 5.60 Å². The SMILES string of the molecule is COCC1=CC(CO[Si](C)(C)C(C)(C)C)N(C(=O)OC(C)(C)C)CC1=O. The molecule has 1 rings (SSSR count). The molecule has 1 atom stereocenters. The number of hydrogen-bond acceptors (Lipinski definition) is 5. The third-order valence-electron chi connectivity index (χ3n) is 4.81. The molecule has 26 heavy (non-hydrogen) atoms. The second kappa shape index (κ2) is 8.23. The lowest BCUT2D eigenvalue weighted by Crippen LogP contribution is -2.52. The van der Waals surface area contributed by atoms with Crippen molar-refractivity contribution in [2.45, 2.75) is 71.3 Å². The summed E-state index contributed by atoms with van der Waals surface area (Å²) < 4.78 is 16.9. The molecular formula is C19H35NO5Si. The van der Waals surface area contributed by atoms with E-state index in [2.05, 4.69) is 33.9 Å². The summed E-state index contributed by atoms with van der Waals surface area (Å²) in [5.41, 5.74) is -0.0438. The fourth-order valence-electron chi connectivity index (χ4n) is 2.24. The van der Waals surface area contributed by atoms with Crippen molar-refractivity contribution in [3.63, 3.8) is 0 Å². The van der Waals surface area contributed by atoms with E-state index in [1.165, 1.54) is 4.90 Å². The Kier molecular flexibility index (Phi) is 7.23. The van der Waals surface area contributed by atoms with Gasteiger partial charge in [-0.1, -0.05) is 26.8 Å². The lowest BCUT2D eigenvalue weighted by molar-refractivity contribution is -0.118. The second-order valence-electron chi connectivity index (χ2n) is 9.29. The van der Waals surface area contributed by atoms with E-state index in [0.717, 1.165) is 0 Å². The maximum Gasteiger partial charge on any atom is 0.411 e. The van der Waals surface area contributed by atoms with Gasteiger partial charge in [0, 0.05) is 12.7 Å². The number of methoxy groups -OCH3 is 1. The van der Waals surface area contributed by atoms with Crippen molar-refractivity contribution in [3.05, 3.63) is 11.6 Å². The molecule has 1 amide bonds. The summed E-state index contributed by atoms with van der Waals surface area (Å²) in [5.74, 6) is -0.124. The van der Waals surface area contributed by atoms with Crippen molar-refractivity contribution in [3.8, 4) is 0 Å². The fraction of sp³-hybridized carbons (Fsp3) is 0.789. The van der Waals surface area contributed by atoms with Gasteiger partial charge in [-0.2, -0.15) is 0 Å². The monoisotopic (exact) mass is 385 g/mol. The van der Waals surface area contributed by atoms with Gasteiger partial charge in [0.05, 0.1) is 25.8 Å². The van der Waals surface area contributed by atoms with E-state index < -0.39 is 20.0 Å². The van der Waals surface area contributed by atoms with Crippen LogP contribution in [0.15, 0.2) is 11.6 Å². The smallest absolute Gasteiger partial charge is 0.411 e. The predicted molar refractivity (Wildman–Crippen MR) is 105 cm³/mol. The van der Waals surface area contributed by atoms with Crippen LogP contribution in [-0.4, -0.2) is 63.6 Å². The zero-order valence-corrected chi connectivity index (χ0v) is 18.8. The molecule has 0 aromatic rings. The van der Waals surface area contributed by atoms with Crippen LogP contribution >= 0.6 is 0 Å². The summed E-state index contributed by atoms with van der Waals surface area (Å²) >= 11 is 0. The van der Waals surface area contributed by atoms with Gasteiger partial charge < -0.3 is 13.9 Å². The molecule has 150 valence electrons. The van der Waals surface area contributed by atoms with Gasteiger partial charge in [-0.25, -0.2) is 4.79 Å². The number of carbonyl (C=O) groups excluding carboxylic acids is 2. The summed E-state index contributed by atoms with van der Waals surface area (Å²) in [5, 5.41) is 0.0628. The maximum atomic E-state index is 12.6. The summed E-state index contributed by atoms with van der Waals surface area (Å²) in [7, 11) is -0.431. The van der Waals surface area contributed by atoms with Gasteiger partial charge >= 0.3 is 6.09 Å². The highest BCUT2D eigenvalue weighted by Gasteiger charge is 2.40. The van der Waals surface area contributed by atoms with Gasteiger partial charge in [-0.3, -0.25) is 9.69 Å². The number of ether oxygens (including phenoxy) is 2. The Morgan fingerprint density at radius 3 is 2.27 bits per heavy atom. The van der Waals surface area contributed by atoms with Gasteiger partial charge in [0.15, 0.2) is 14.1 Å². The minimum atomic E-state index is -1.98. The molecule has 0 aromatic carbocycles. The Morgan fingerprint density at radius 1 is 1.23 bits per heavy atom. The Hall–Kier alpha value is -1.18. The van der Waals surface area contributed by atoms with Crippen LogP contribution in [0.4, 0.5) is 4.79 Å². The van der Waals surface area contributed by atoms with E-state index in [4.69, 9.17) is 13.9 Å². The predicted octanol–water partition coefficient (Wildman–Crippen LogP) is 3.77. The highest BCUT2D eigenvalue weighted by atomic mass is 28.4. The van der Waals surface area contributed by atoms with Crippen LogP contribution in [0.25, 0.3) is 0 Å². The number of carbonyl (C=O) groups is 2. The van der Waals surface area contributed by atoms with Crippen LogP contribution in [0.3, 0.4) is 0 Å². The Bertz CT molecular complexity index is 557. The van der Waals surface area contributed by atoms with E-state index in [0.29, 0.717) is 12.2 Å². The summed E-state index contributed by atoms with van der Waals surface area (Å²) in [4.78, 5) is 26.4. The van der Waals surface area contributed by atoms with Gasteiger partial charge in [0.25, 0.3) is 0 Å². The molecule has 0 aromatic heterocycles. The first kappa shape index (κ1) is 22.9. The molecule has 0 aliphatic carbocycles. The van der Waals surface area contributed by atoms with Crippen molar-refractivity contribution in [2.75, 3.05) is 26.9 Å². The minimum Gasteiger partial charge on any atom is -0.444 e. The largest absolute Gasteiger partial charge is 0.444 e. The normalized spacial score (nSPS) is 19.4. The first-order valence-corrected chi connectivity index (χ1v) is 11.9. The highest BCUT2D eigenvalue weighted by Crippen LogP contribution is 2.37. The lowest BCUT2D eigenvalue weighted by Gasteiger charge is -2.40. The van der Waals surface area contributed by atoms with Crippen LogP contribution in [0, 0.1) is 0 Å². The topological polar surface area (TPSA) is 65.1 Å². The van der Waals surface area contributed by atoms with Gasteiger partial charge in [-0.05, 0) is 38.9 Å². The molecule has 0 radical (unpaired) electrons. The molecule has 0 fully saturated rings. The lowest BCUT2D eigenvalue weighted by atomic mass is 10.0. The molecule has 0 saturated heterocycles. The summed E-state index contributed by atoms with van der Waals surface area (Å²) in [6.45, 7) is 16.8. The van der Waals surface area contributed by atoms with Crippen LogP contribution in [0.2, 0.25) is 18.1 Å². The summed E-state index contributed by atoms with van der Waals surface area (Å²) in [6, 6.07) is -0.346. The first-order valence-electron chi connectivity index (χ1n) is 9.04. The standard InChI is InChI=1S/C19H35NO5Si/c1-18(2,3)25-17(22)20-11-16(21)14(12-23-7)10-15(20)13-24-26(8,9)19(4,5)6/h10,15H,11-13H2,1-9H3. The molecule has 7 heteroatoms. The third-order valence-corrected chi connectivity index (χ3v) is 9.32. The van der Waals surface area contributed by atoms with Crippen molar-refractivity contribution in [2.24, 2.45) is 0 Å². The van der Waals surface area contributed by atoms with Crippen LogP contribution in [0.5, 0.6) is 0 Å². The summed E-state index contributed by atoms with van der Waals surface area (Å²) in [6.07, 6.45) is 1.29. The van der Waals surface area contributed by atoms with E-state index in [1.54, 1.807) is 13.2 Å². The second-order valence-corrected chi connectivity index (χ2v) is 14.1. The van der Waals surface area contributed by atoms with Crippen molar-refractivity contribution in [1.29, 1.82) is 0 Å². The Balaban J connectivity index is 3.04. The molecule has 0 bridgehead atoms. The van der Waals surface area contributed by atoms with Crippen LogP contribution < -0.4 is 0 Å². The maximum absolute atomic E-state index is 12.6. The number of nitrogens with zero attached hydrogens (tertiary/aromatic N) is 1. The molecule has 1 heterocycles. The number of amides is 1. The molecule has 0 spiro atoms. The molecule has 6 nitrogen and oxygen atoms in total. The van der Waals surface area contributed by atoms with E-state index >= 15 is 0 Å². The molecular weight excluding hydrogens is 350 g/mol. The van der Waals surface area contributed by atoms with Crippen molar-refractivity contribution in [1.82, 2.24) is 4.90 Å². The van der Waals surface area contributed by atoms with E-state index in [9.17, 15) is 9.59 Å². The van der Waals surface area contributed by atoms with Crippen LogP contribution in [-0.2, 0) is 18.7 Å². The van der Waals surface area contributed by atoms with Crippen molar-refractivity contribution >= 4 is 20.2 Å². The number of ketones is 1. The van der Waals surface area contributed by atoms with Crippen molar-refractivity contribution < 1.29 is 23.5 Å². The Labute approximate surface area is 159 Å². The average molecular weight is 386 g/mol. The quantitative estimate of drug-likeness (QED) is 0.674. The van der Waals surface area contributed by atoms with Crippen LogP contribution in [0.1, 0.15) is 41.5 Å².